The number of fused-ring (bicyclic) bond motifs is 1. The molecule has 0 aromatic heterocycles. The average Bonchev–Trinajstić information content (AvgIpc) is 3.04. The molecule has 2 atom stereocenters. The van der Waals surface area contributed by atoms with Crippen molar-refractivity contribution in [3.8, 4) is 5.75 Å². The Morgan fingerprint density at radius 2 is 1.86 bits per heavy atom. The van der Waals surface area contributed by atoms with Gasteiger partial charge in [0, 0.05) is 42.8 Å². The lowest BCUT2D eigenvalue weighted by Gasteiger charge is -2.34. The summed E-state index contributed by atoms with van der Waals surface area (Å²) in [5.74, 6) is 1.54. The van der Waals surface area contributed by atoms with E-state index in [4.69, 9.17) is 32.5 Å². The van der Waals surface area contributed by atoms with Gasteiger partial charge in [-0.1, -0.05) is 36.4 Å². The summed E-state index contributed by atoms with van der Waals surface area (Å²) in [6.07, 6.45) is -0.291. The van der Waals surface area contributed by atoms with Crippen LogP contribution in [0, 0.1) is 0 Å². The molecule has 3 rings (SSSR count). The third-order valence-corrected chi connectivity index (χ3v) is 8.12. The van der Waals surface area contributed by atoms with Crippen molar-refractivity contribution in [3.63, 3.8) is 0 Å². The van der Waals surface area contributed by atoms with Crippen molar-refractivity contribution in [2.24, 2.45) is 0 Å². The van der Waals surface area contributed by atoms with Crippen LogP contribution in [0.4, 0.5) is 0 Å². The quantitative estimate of drug-likeness (QED) is 0.391. The minimum Gasteiger partial charge on any atom is -0.490 e. The highest BCUT2D eigenvalue weighted by Crippen LogP contribution is 2.60. The van der Waals surface area contributed by atoms with Crippen molar-refractivity contribution in [3.05, 3.63) is 42.5 Å². The molecular formula is C20H27Cl2N2O3P. The lowest BCUT2D eigenvalue weighted by molar-refractivity contribution is 0.146. The van der Waals surface area contributed by atoms with Gasteiger partial charge in [-0.3, -0.25) is 9.09 Å². The molecule has 154 valence electrons. The first-order valence-electron chi connectivity index (χ1n) is 9.53. The number of rotatable bonds is 9. The average molecular weight is 445 g/mol. The predicted octanol–water partition coefficient (Wildman–Crippen LogP) is 5.22. The first-order valence-corrected chi connectivity index (χ1v) is 12.1. The molecule has 0 amide bonds. The third kappa shape index (κ3) is 4.67. The Kier molecular flexibility index (Phi) is 7.66. The third-order valence-electron chi connectivity index (χ3n) is 4.81. The van der Waals surface area contributed by atoms with Crippen molar-refractivity contribution in [1.82, 2.24) is 9.34 Å². The van der Waals surface area contributed by atoms with Gasteiger partial charge in [-0.05, 0) is 25.3 Å². The maximum absolute atomic E-state index is 13.8. The van der Waals surface area contributed by atoms with Gasteiger partial charge >= 0.3 is 7.67 Å². The van der Waals surface area contributed by atoms with Crippen LogP contribution in [0.5, 0.6) is 5.75 Å². The Morgan fingerprint density at radius 3 is 2.54 bits per heavy atom. The highest BCUT2D eigenvalue weighted by molar-refractivity contribution is 7.54. The Bertz CT molecular complexity index is 825. The maximum Gasteiger partial charge on any atom is 0.346 e. The summed E-state index contributed by atoms with van der Waals surface area (Å²) in [4.78, 5) is 0. The van der Waals surface area contributed by atoms with Crippen LogP contribution in [-0.4, -0.2) is 59.5 Å². The van der Waals surface area contributed by atoms with E-state index in [-0.39, 0.29) is 12.1 Å². The summed E-state index contributed by atoms with van der Waals surface area (Å²) >= 11 is 11.9. The largest absolute Gasteiger partial charge is 0.490 e. The Labute approximate surface area is 177 Å². The molecule has 8 heteroatoms. The molecule has 1 fully saturated rings. The molecule has 0 bridgehead atoms. The lowest BCUT2D eigenvalue weighted by Crippen LogP contribution is -2.35. The van der Waals surface area contributed by atoms with Crippen LogP contribution in [-0.2, 0) is 9.09 Å². The summed E-state index contributed by atoms with van der Waals surface area (Å²) in [6, 6.07) is 14.1. The second-order valence-electron chi connectivity index (χ2n) is 7.05. The molecule has 0 unspecified atom stereocenters. The van der Waals surface area contributed by atoms with Gasteiger partial charge in [-0.15, -0.1) is 23.2 Å². The van der Waals surface area contributed by atoms with E-state index in [0.717, 1.165) is 16.5 Å². The van der Waals surface area contributed by atoms with Gasteiger partial charge in [0.05, 0.1) is 0 Å². The zero-order valence-corrected chi connectivity index (χ0v) is 18.7. The van der Waals surface area contributed by atoms with Gasteiger partial charge in [0.2, 0.25) is 0 Å². The number of nitrogens with zero attached hydrogens (tertiary/aromatic N) is 2. The van der Waals surface area contributed by atoms with E-state index in [1.165, 1.54) is 0 Å². The first-order chi connectivity index (χ1) is 13.5. The molecule has 2 aromatic rings. The zero-order chi connectivity index (χ0) is 20.1. The number of benzene rings is 2. The summed E-state index contributed by atoms with van der Waals surface area (Å²) < 4.78 is 29.6. The molecular weight excluding hydrogens is 418 g/mol. The van der Waals surface area contributed by atoms with Crippen LogP contribution in [0.25, 0.3) is 10.8 Å². The normalized spacial score (nSPS) is 23.1. The first kappa shape index (κ1) is 21.9. The van der Waals surface area contributed by atoms with E-state index < -0.39 is 7.67 Å². The predicted molar refractivity (Wildman–Crippen MR) is 117 cm³/mol. The van der Waals surface area contributed by atoms with E-state index in [0.29, 0.717) is 38.0 Å². The van der Waals surface area contributed by atoms with E-state index >= 15 is 0 Å². The fourth-order valence-corrected chi connectivity index (χ4v) is 6.90. The van der Waals surface area contributed by atoms with E-state index in [2.05, 4.69) is 12.1 Å². The van der Waals surface area contributed by atoms with Crippen LogP contribution < -0.4 is 4.74 Å². The number of alkyl halides is 2. The van der Waals surface area contributed by atoms with Crippen LogP contribution in [0.2, 0.25) is 0 Å². The molecule has 1 saturated heterocycles. The molecule has 1 aliphatic rings. The molecule has 0 saturated carbocycles. The molecule has 1 heterocycles. The second-order valence-corrected chi connectivity index (χ2v) is 10.1. The topological polar surface area (TPSA) is 42.0 Å². The van der Waals surface area contributed by atoms with E-state index in [1.54, 1.807) is 4.67 Å². The number of hydrogen-bond donors (Lipinski definition) is 0. The van der Waals surface area contributed by atoms with Crippen LogP contribution in [0.1, 0.15) is 13.8 Å². The summed E-state index contributed by atoms with van der Waals surface area (Å²) in [5.41, 5.74) is 0. The number of hydrogen-bond acceptors (Lipinski definition) is 3. The van der Waals surface area contributed by atoms with Crippen molar-refractivity contribution in [2.75, 3.05) is 38.0 Å². The van der Waals surface area contributed by atoms with E-state index in [1.807, 2.05) is 48.8 Å². The van der Waals surface area contributed by atoms with Crippen LogP contribution >= 0.6 is 30.9 Å². The van der Waals surface area contributed by atoms with Crippen molar-refractivity contribution in [1.29, 1.82) is 0 Å². The molecule has 0 aliphatic carbocycles. The van der Waals surface area contributed by atoms with Crippen molar-refractivity contribution in [2.45, 2.75) is 26.0 Å². The molecule has 2 aromatic carbocycles. The Morgan fingerprint density at radius 1 is 1.18 bits per heavy atom. The maximum atomic E-state index is 13.8. The number of ether oxygens (including phenoxy) is 1. The fraction of sp³-hybridized carbons (Fsp3) is 0.500. The molecule has 0 N–H and O–H groups in total. The summed E-state index contributed by atoms with van der Waals surface area (Å²) in [6.45, 7) is 5.84. The van der Waals surface area contributed by atoms with Crippen LogP contribution in [0.3, 0.4) is 0 Å². The monoisotopic (exact) mass is 444 g/mol. The number of halogens is 2. The van der Waals surface area contributed by atoms with Gasteiger partial charge in [-0.25, -0.2) is 9.34 Å². The van der Waals surface area contributed by atoms with Crippen LogP contribution in [0.15, 0.2) is 42.5 Å². The van der Waals surface area contributed by atoms with Gasteiger partial charge < -0.3 is 4.74 Å². The van der Waals surface area contributed by atoms with Crippen molar-refractivity contribution >= 4 is 41.6 Å². The second kappa shape index (κ2) is 9.80. The highest BCUT2D eigenvalue weighted by atomic mass is 35.5. The van der Waals surface area contributed by atoms with Crippen molar-refractivity contribution < 1.29 is 13.8 Å². The Hall–Kier alpha value is -0.810. The smallest absolute Gasteiger partial charge is 0.346 e. The molecule has 0 spiro atoms. The summed E-state index contributed by atoms with van der Waals surface area (Å²) in [5, 5.41) is 2.18. The Balaban J connectivity index is 1.75. The SMILES string of the molecule is CC(C)N1C[C@H](COc2cccc3ccccc23)O[P@@]1(=O)N(CCCl)CCCl. The van der Waals surface area contributed by atoms with Gasteiger partial charge in [-0.2, -0.15) is 0 Å². The molecule has 28 heavy (non-hydrogen) atoms. The summed E-state index contributed by atoms with van der Waals surface area (Å²) in [7, 11) is -3.19. The van der Waals surface area contributed by atoms with Gasteiger partial charge in [0.25, 0.3) is 0 Å². The minimum absolute atomic E-state index is 0.0709. The minimum atomic E-state index is -3.19. The molecule has 1 aliphatic heterocycles. The fourth-order valence-electron chi connectivity index (χ4n) is 3.48. The highest BCUT2D eigenvalue weighted by Gasteiger charge is 2.48. The molecule has 0 radical (unpaired) electrons. The zero-order valence-electron chi connectivity index (χ0n) is 16.3. The van der Waals surface area contributed by atoms with Gasteiger partial charge in [0.15, 0.2) is 0 Å². The standard InChI is InChI=1S/C20H27Cl2N2O3P/c1-16(2)24-14-18(27-28(24,25)23(12-10-21)13-11-22)15-26-20-9-5-7-17-6-3-4-8-19(17)20/h3-9,16,18H,10-15H2,1-2H3/t18-,28+/m1/s1. The van der Waals surface area contributed by atoms with Gasteiger partial charge in [0.1, 0.15) is 18.5 Å². The van der Waals surface area contributed by atoms with E-state index in [9.17, 15) is 4.57 Å². The molecule has 5 nitrogen and oxygen atoms in total. The lowest BCUT2D eigenvalue weighted by atomic mass is 10.1.